The predicted octanol–water partition coefficient (Wildman–Crippen LogP) is 8.86. The Morgan fingerprint density at radius 3 is 1.03 bits per heavy atom. The fourth-order valence-electron chi connectivity index (χ4n) is 5.80. The molecule has 1 aliphatic rings. The van der Waals surface area contributed by atoms with Crippen molar-refractivity contribution in [3.63, 3.8) is 0 Å². The van der Waals surface area contributed by atoms with Crippen molar-refractivity contribution >= 4 is 0 Å². The first-order valence-corrected chi connectivity index (χ1v) is 15.9. The van der Waals surface area contributed by atoms with Crippen LogP contribution in [-0.4, -0.2) is 0 Å². The van der Waals surface area contributed by atoms with Crippen molar-refractivity contribution < 1.29 is 9.13 Å². The van der Waals surface area contributed by atoms with Gasteiger partial charge in [-0.15, -0.1) is 0 Å². The lowest BCUT2D eigenvalue weighted by Crippen LogP contribution is -2.33. The normalized spacial score (nSPS) is 19.8. The van der Waals surface area contributed by atoms with Crippen LogP contribution in [-0.2, 0) is 25.9 Å². The van der Waals surface area contributed by atoms with E-state index >= 15 is 0 Å². The van der Waals surface area contributed by atoms with Gasteiger partial charge in [0.1, 0.15) is 13.1 Å². The number of fused-ring (bicyclic) bond motifs is 4. The Morgan fingerprint density at radius 1 is 0.361 bits per heavy atom. The minimum atomic E-state index is 1.19. The molecule has 1 aliphatic heterocycles. The van der Waals surface area contributed by atoms with Gasteiger partial charge in [-0.2, -0.15) is 0 Å². The number of pyridine rings is 2. The largest absolute Gasteiger partial charge is 0.205 e. The van der Waals surface area contributed by atoms with E-state index in [4.69, 9.17) is 0 Å². The third kappa shape index (κ3) is 13.6. The van der Waals surface area contributed by atoms with Crippen LogP contribution in [0.1, 0.15) is 140 Å². The highest BCUT2D eigenvalue weighted by molar-refractivity contribution is 5.05. The standard InChI is InChI=1S/C34H56N2/c1-2-5-9-13-17-23-33-25-21-30-36(31-33)28-20-16-12-8-4-6-10-14-18-24-34-26-22-29-35(32-34)27-19-15-11-7-3-1/h21-22,25-26,29-32H,1-20,23-24,27-28H2/q+2. The average Bonchev–Trinajstić information content (AvgIpc) is 2.90. The second-order valence-electron chi connectivity index (χ2n) is 11.5. The molecule has 0 saturated heterocycles. The van der Waals surface area contributed by atoms with E-state index in [1.54, 1.807) is 0 Å². The Labute approximate surface area is 223 Å². The van der Waals surface area contributed by atoms with E-state index in [9.17, 15) is 0 Å². The van der Waals surface area contributed by atoms with Gasteiger partial charge in [0.15, 0.2) is 24.8 Å². The molecule has 0 unspecified atom stereocenters. The second-order valence-corrected chi connectivity index (χ2v) is 11.5. The SMILES string of the molecule is c1cc2c[n+](c1)CCCCCCCCCCCCCc1ccc[n+](c1)CCCCCCCCCCC2. The van der Waals surface area contributed by atoms with Crippen molar-refractivity contribution in [2.75, 3.05) is 0 Å². The van der Waals surface area contributed by atoms with Crippen molar-refractivity contribution in [3.05, 3.63) is 60.2 Å². The van der Waals surface area contributed by atoms with Gasteiger partial charge in [0.2, 0.25) is 0 Å². The van der Waals surface area contributed by atoms with Crippen molar-refractivity contribution in [2.24, 2.45) is 0 Å². The van der Waals surface area contributed by atoms with Crippen LogP contribution in [0.4, 0.5) is 0 Å². The number of aromatic nitrogens is 2. The molecule has 0 radical (unpaired) electrons. The summed E-state index contributed by atoms with van der Waals surface area (Å²) >= 11 is 0. The van der Waals surface area contributed by atoms with Crippen LogP contribution < -0.4 is 9.13 Å². The Bertz CT molecular complexity index is 734. The first-order chi connectivity index (χ1) is 17.9. The summed E-state index contributed by atoms with van der Waals surface area (Å²) in [5.74, 6) is 0. The lowest BCUT2D eigenvalue weighted by molar-refractivity contribution is -0.697. The monoisotopic (exact) mass is 492 g/mol. The molecular weight excluding hydrogens is 436 g/mol. The zero-order chi connectivity index (χ0) is 24.9. The van der Waals surface area contributed by atoms with E-state index in [-0.39, 0.29) is 0 Å². The molecule has 0 N–H and O–H groups in total. The average molecular weight is 493 g/mol. The lowest BCUT2D eigenvalue weighted by Gasteiger charge is -2.05. The molecule has 2 heteroatoms. The minimum absolute atomic E-state index is 1.19. The molecule has 2 aromatic heterocycles. The van der Waals surface area contributed by atoms with Crippen LogP contribution in [0.2, 0.25) is 0 Å². The maximum absolute atomic E-state index is 2.43. The van der Waals surface area contributed by atoms with Gasteiger partial charge in [-0.05, 0) is 50.7 Å². The molecule has 3 heterocycles. The summed E-state index contributed by atoms with van der Waals surface area (Å²) in [6.07, 6.45) is 39.9. The molecule has 0 atom stereocenters. The molecule has 0 aromatic carbocycles. The summed E-state index contributed by atoms with van der Waals surface area (Å²) < 4.78 is 4.87. The van der Waals surface area contributed by atoms with Crippen molar-refractivity contribution in [2.45, 2.75) is 154 Å². The molecule has 0 fully saturated rings. The third-order valence-corrected chi connectivity index (χ3v) is 8.10. The van der Waals surface area contributed by atoms with E-state index in [0.717, 1.165) is 0 Å². The van der Waals surface area contributed by atoms with E-state index in [0.29, 0.717) is 0 Å². The highest BCUT2D eigenvalue weighted by atomic mass is 14.9. The molecule has 0 spiro atoms. The van der Waals surface area contributed by atoms with Gasteiger partial charge >= 0.3 is 0 Å². The number of hydrogen-bond donors (Lipinski definition) is 0. The first kappa shape index (κ1) is 28.9. The lowest BCUT2D eigenvalue weighted by atomic mass is 10.0. The quantitative estimate of drug-likeness (QED) is 0.324. The number of nitrogens with zero attached hydrogens (tertiary/aromatic N) is 2. The van der Waals surface area contributed by atoms with E-state index < -0.39 is 0 Å². The Kier molecular flexibility index (Phi) is 15.6. The van der Waals surface area contributed by atoms with Gasteiger partial charge in [-0.3, -0.25) is 0 Å². The zero-order valence-electron chi connectivity index (χ0n) is 23.5. The van der Waals surface area contributed by atoms with Crippen molar-refractivity contribution in [3.8, 4) is 0 Å². The first-order valence-electron chi connectivity index (χ1n) is 15.9. The van der Waals surface area contributed by atoms with Crippen LogP contribution >= 0.6 is 0 Å². The number of hydrogen-bond acceptors (Lipinski definition) is 0. The van der Waals surface area contributed by atoms with E-state index in [1.165, 1.54) is 165 Å². The van der Waals surface area contributed by atoms with Crippen LogP contribution in [0, 0.1) is 0 Å². The van der Waals surface area contributed by atoms with Gasteiger partial charge in [0, 0.05) is 36.1 Å². The highest BCUT2D eigenvalue weighted by Gasteiger charge is 2.05. The number of rotatable bonds is 0. The molecule has 2 aromatic rings. The van der Waals surface area contributed by atoms with Crippen LogP contribution in [0.15, 0.2) is 49.1 Å². The molecule has 36 heavy (non-hydrogen) atoms. The van der Waals surface area contributed by atoms with Gasteiger partial charge in [-0.25, -0.2) is 9.13 Å². The molecule has 0 aliphatic carbocycles. The summed E-state index contributed by atoms with van der Waals surface area (Å²) in [5.41, 5.74) is 3.06. The van der Waals surface area contributed by atoms with E-state index in [1.807, 2.05) is 0 Å². The Morgan fingerprint density at radius 2 is 0.667 bits per heavy atom. The minimum Gasteiger partial charge on any atom is -0.205 e. The van der Waals surface area contributed by atoms with Crippen LogP contribution in [0.25, 0.3) is 0 Å². The Hall–Kier alpha value is -1.70. The third-order valence-electron chi connectivity index (χ3n) is 8.10. The van der Waals surface area contributed by atoms with Crippen LogP contribution in [0.5, 0.6) is 0 Å². The van der Waals surface area contributed by atoms with Crippen LogP contribution in [0.3, 0.4) is 0 Å². The molecule has 0 saturated carbocycles. The smallest absolute Gasteiger partial charge is 0.171 e. The molecular formula is C34H56N2+2. The van der Waals surface area contributed by atoms with Gasteiger partial charge < -0.3 is 0 Å². The fraction of sp³-hybridized carbons (Fsp3) is 0.706. The zero-order valence-corrected chi connectivity index (χ0v) is 23.5. The molecule has 200 valence electrons. The summed E-state index contributed by atoms with van der Waals surface area (Å²) in [6.45, 7) is 2.38. The molecule has 4 bridgehead atoms. The molecule has 2 nitrogen and oxygen atoms in total. The Balaban J connectivity index is 1.36. The highest BCUT2D eigenvalue weighted by Crippen LogP contribution is 2.14. The summed E-state index contributed by atoms with van der Waals surface area (Å²) in [6, 6.07) is 9.17. The summed E-state index contributed by atoms with van der Waals surface area (Å²) in [4.78, 5) is 0. The maximum Gasteiger partial charge on any atom is 0.171 e. The molecule has 3 rings (SSSR count). The second kappa shape index (κ2) is 19.4. The van der Waals surface area contributed by atoms with Crippen molar-refractivity contribution in [1.82, 2.24) is 0 Å². The van der Waals surface area contributed by atoms with E-state index in [2.05, 4.69) is 58.2 Å². The van der Waals surface area contributed by atoms with Gasteiger partial charge in [0.25, 0.3) is 0 Å². The molecule has 0 amide bonds. The summed E-state index contributed by atoms with van der Waals surface area (Å²) in [7, 11) is 0. The van der Waals surface area contributed by atoms with Gasteiger partial charge in [-0.1, -0.05) is 89.9 Å². The summed E-state index contributed by atoms with van der Waals surface area (Å²) in [5, 5.41) is 0. The predicted molar refractivity (Wildman–Crippen MR) is 153 cm³/mol. The fourth-order valence-corrected chi connectivity index (χ4v) is 5.80. The maximum atomic E-state index is 2.43. The number of aryl methyl sites for hydroxylation is 4. The van der Waals surface area contributed by atoms with Crippen molar-refractivity contribution in [1.29, 1.82) is 0 Å². The topological polar surface area (TPSA) is 7.76 Å². The van der Waals surface area contributed by atoms with Gasteiger partial charge in [0.05, 0.1) is 0 Å².